The Morgan fingerprint density at radius 1 is 1.23 bits per heavy atom. The maximum absolute atomic E-state index is 12.3. The minimum Gasteiger partial charge on any atom is -0.497 e. The Labute approximate surface area is 156 Å². The summed E-state index contributed by atoms with van der Waals surface area (Å²) in [6.45, 7) is 1.58. The van der Waals surface area contributed by atoms with E-state index in [2.05, 4.69) is 10.3 Å². The number of ether oxygens (including phenoxy) is 2. The first-order valence-corrected chi connectivity index (χ1v) is 9.56. The van der Waals surface area contributed by atoms with Gasteiger partial charge in [-0.1, -0.05) is 12.8 Å². The summed E-state index contributed by atoms with van der Waals surface area (Å²) in [5.41, 5.74) is 1.10. The van der Waals surface area contributed by atoms with Gasteiger partial charge in [0.1, 0.15) is 10.8 Å². The third-order valence-corrected chi connectivity index (χ3v) is 5.30. The zero-order chi connectivity index (χ0) is 18.5. The van der Waals surface area contributed by atoms with Crippen LogP contribution in [0.1, 0.15) is 43.1 Å². The zero-order valence-corrected chi connectivity index (χ0v) is 15.7. The molecule has 1 atom stereocenters. The summed E-state index contributed by atoms with van der Waals surface area (Å²) in [4.78, 5) is 28.7. The molecule has 1 aromatic carbocycles. The third kappa shape index (κ3) is 4.40. The topological polar surface area (TPSA) is 77.5 Å². The Kier molecular flexibility index (Phi) is 5.88. The number of nitrogens with one attached hydrogen (secondary N) is 1. The number of esters is 1. The lowest BCUT2D eigenvalue weighted by Gasteiger charge is -2.16. The number of hydrogen-bond donors (Lipinski definition) is 1. The van der Waals surface area contributed by atoms with Crippen LogP contribution in [0.3, 0.4) is 0 Å². The van der Waals surface area contributed by atoms with Gasteiger partial charge in [0.15, 0.2) is 11.8 Å². The molecular weight excluding hydrogens is 352 g/mol. The van der Waals surface area contributed by atoms with E-state index in [1.165, 1.54) is 11.3 Å². The number of hydrogen-bond acceptors (Lipinski definition) is 6. The van der Waals surface area contributed by atoms with Crippen molar-refractivity contribution in [3.63, 3.8) is 0 Å². The molecule has 0 unspecified atom stereocenters. The summed E-state index contributed by atoms with van der Waals surface area (Å²) in [6, 6.07) is 7.63. The molecule has 0 bridgehead atoms. The summed E-state index contributed by atoms with van der Waals surface area (Å²) in [5, 5.41) is 5.28. The average molecular weight is 374 g/mol. The largest absolute Gasteiger partial charge is 0.497 e. The van der Waals surface area contributed by atoms with Crippen LogP contribution in [0.25, 0.3) is 10.6 Å². The highest BCUT2D eigenvalue weighted by atomic mass is 32.1. The van der Waals surface area contributed by atoms with Crippen LogP contribution in [0.15, 0.2) is 29.6 Å². The number of amides is 1. The minimum absolute atomic E-state index is 0.199. The van der Waals surface area contributed by atoms with Gasteiger partial charge in [0, 0.05) is 17.0 Å². The molecule has 1 aromatic heterocycles. The molecule has 1 N–H and O–H groups in total. The maximum Gasteiger partial charge on any atom is 0.358 e. The number of nitrogens with zero attached hydrogens (tertiary/aromatic N) is 1. The molecule has 0 saturated heterocycles. The average Bonchev–Trinajstić information content (AvgIpc) is 3.33. The molecule has 138 valence electrons. The van der Waals surface area contributed by atoms with Crippen molar-refractivity contribution in [3.8, 4) is 16.3 Å². The van der Waals surface area contributed by atoms with Crippen LogP contribution in [-0.2, 0) is 9.53 Å². The quantitative estimate of drug-likeness (QED) is 0.784. The number of benzene rings is 1. The number of carbonyl (C=O) groups excluding carboxylic acids is 2. The van der Waals surface area contributed by atoms with Crippen molar-refractivity contribution in [2.75, 3.05) is 7.11 Å². The molecule has 7 heteroatoms. The highest BCUT2D eigenvalue weighted by Gasteiger charge is 2.24. The fourth-order valence-corrected chi connectivity index (χ4v) is 3.69. The molecule has 1 amide bonds. The van der Waals surface area contributed by atoms with Crippen molar-refractivity contribution in [2.24, 2.45) is 0 Å². The highest BCUT2D eigenvalue weighted by Crippen LogP contribution is 2.26. The maximum atomic E-state index is 12.3. The molecule has 2 aromatic rings. The van der Waals surface area contributed by atoms with Gasteiger partial charge in [-0.3, -0.25) is 4.79 Å². The van der Waals surface area contributed by atoms with E-state index in [0.29, 0.717) is 5.01 Å². The number of carbonyl (C=O) groups is 2. The van der Waals surface area contributed by atoms with Crippen molar-refractivity contribution in [2.45, 2.75) is 44.8 Å². The summed E-state index contributed by atoms with van der Waals surface area (Å²) < 4.78 is 10.4. The summed E-state index contributed by atoms with van der Waals surface area (Å²) >= 11 is 1.35. The molecule has 1 saturated carbocycles. The van der Waals surface area contributed by atoms with Crippen LogP contribution in [0.4, 0.5) is 0 Å². The lowest BCUT2D eigenvalue weighted by Crippen LogP contribution is -2.40. The molecule has 1 fully saturated rings. The van der Waals surface area contributed by atoms with Gasteiger partial charge in [-0.05, 0) is 44.0 Å². The predicted octanol–water partition coefficient (Wildman–Crippen LogP) is 3.42. The van der Waals surface area contributed by atoms with Crippen LogP contribution < -0.4 is 10.1 Å². The molecule has 3 rings (SSSR count). The minimum atomic E-state index is -0.839. The molecule has 1 aliphatic rings. The molecule has 1 heterocycles. The van der Waals surface area contributed by atoms with Gasteiger partial charge in [0.25, 0.3) is 5.91 Å². The summed E-state index contributed by atoms with van der Waals surface area (Å²) in [7, 11) is 1.61. The van der Waals surface area contributed by atoms with Gasteiger partial charge in [0.2, 0.25) is 0 Å². The Balaban J connectivity index is 1.59. The van der Waals surface area contributed by atoms with Gasteiger partial charge in [0.05, 0.1) is 7.11 Å². The van der Waals surface area contributed by atoms with E-state index >= 15 is 0 Å². The fourth-order valence-electron chi connectivity index (χ4n) is 2.90. The van der Waals surface area contributed by atoms with E-state index in [4.69, 9.17) is 9.47 Å². The smallest absolute Gasteiger partial charge is 0.358 e. The molecule has 0 aliphatic heterocycles. The van der Waals surface area contributed by atoms with Gasteiger partial charge in [-0.25, -0.2) is 9.78 Å². The molecule has 0 spiro atoms. The van der Waals surface area contributed by atoms with Crippen molar-refractivity contribution in [3.05, 3.63) is 35.3 Å². The van der Waals surface area contributed by atoms with E-state index in [1.807, 2.05) is 24.3 Å². The molecular formula is C19H22N2O4S. The number of methoxy groups -OCH3 is 1. The third-order valence-electron chi connectivity index (χ3n) is 4.40. The van der Waals surface area contributed by atoms with Gasteiger partial charge >= 0.3 is 5.97 Å². The van der Waals surface area contributed by atoms with E-state index in [1.54, 1.807) is 19.4 Å². The Hall–Kier alpha value is -2.41. The first-order chi connectivity index (χ1) is 12.6. The summed E-state index contributed by atoms with van der Waals surface area (Å²) in [5.74, 6) is -0.0852. The second-order valence-corrected chi connectivity index (χ2v) is 7.16. The predicted molar refractivity (Wildman–Crippen MR) is 99.4 cm³/mol. The zero-order valence-electron chi connectivity index (χ0n) is 14.9. The van der Waals surface area contributed by atoms with Crippen molar-refractivity contribution >= 4 is 23.2 Å². The first kappa shape index (κ1) is 18.4. The van der Waals surface area contributed by atoms with Crippen LogP contribution in [0.2, 0.25) is 0 Å². The first-order valence-electron chi connectivity index (χ1n) is 8.68. The van der Waals surface area contributed by atoms with Crippen molar-refractivity contribution in [1.82, 2.24) is 10.3 Å². The van der Waals surface area contributed by atoms with E-state index in [-0.39, 0.29) is 17.6 Å². The Morgan fingerprint density at radius 2 is 1.92 bits per heavy atom. The van der Waals surface area contributed by atoms with Crippen LogP contribution >= 0.6 is 11.3 Å². The number of rotatable bonds is 6. The second kappa shape index (κ2) is 8.31. The SMILES string of the molecule is COc1ccc(-c2nc(C(=O)O[C@@H](C)C(=O)NC3CCCC3)cs2)cc1. The van der Waals surface area contributed by atoms with Crippen LogP contribution in [-0.4, -0.2) is 36.1 Å². The van der Waals surface area contributed by atoms with E-state index in [9.17, 15) is 9.59 Å². The van der Waals surface area contributed by atoms with E-state index < -0.39 is 12.1 Å². The lowest BCUT2D eigenvalue weighted by atomic mass is 10.2. The molecule has 1 aliphatic carbocycles. The number of thiazole rings is 1. The fraction of sp³-hybridized carbons (Fsp3) is 0.421. The van der Waals surface area contributed by atoms with Gasteiger partial charge in [-0.2, -0.15) is 0 Å². The number of aromatic nitrogens is 1. The normalized spacial score (nSPS) is 15.5. The van der Waals surface area contributed by atoms with Crippen LogP contribution in [0, 0.1) is 0 Å². The van der Waals surface area contributed by atoms with Crippen molar-refractivity contribution in [1.29, 1.82) is 0 Å². The van der Waals surface area contributed by atoms with Gasteiger partial charge < -0.3 is 14.8 Å². The van der Waals surface area contributed by atoms with Crippen molar-refractivity contribution < 1.29 is 19.1 Å². The molecule has 26 heavy (non-hydrogen) atoms. The monoisotopic (exact) mass is 374 g/mol. The molecule has 6 nitrogen and oxygen atoms in total. The van der Waals surface area contributed by atoms with E-state index in [0.717, 1.165) is 37.0 Å². The lowest BCUT2D eigenvalue weighted by molar-refractivity contribution is -0.129. The van der Waals surface area contributed by atoms with Crippen LogP contribution in [0.5, 0.6) is 5.75 Å². The van der Waals surface area contributed by atoms with Gasteiger partial charge in [-0.15, -0.1) is 11.3 Å². The second-order valence-electron chi connectivity index (χ2n) is 6.30. The Bertz CT molecular complexity index is 766. The summed E-state index contributed by atoms with van der Waals surface area (Å²) in [6.07, 6.45) is 3.40. The Morgan fingerprint density at radius 3 is 2.58 bits per heavy atom. The molecule has 0 radical (unpaired) electrons. The highest BCUT2D eigenvalue weighted by molar-refractivity contribution is 7.13. The standard InChI is InChI=1S/C19H22N2O4S/c1-12(17(22)20-14-5-3-4-6-14)25-19(23)16-11-26-18(21-16)13-7-9-15(24-2)10-8-13/h7-12,14H,3-6H2,1-2H3,(H,20,22)/t12-/m0/s1.